The molecule has 3 saturated carbocycles. The number of aliphatic carboxylic acids is 1. The number of carbonyl (C=O) groups excluding carboxylic acids is 2. The average Bonchev–Trinajstić information content (AvgIpc) is 3.10. The van der Waals surface area contributed by atoms with E-state index in [1.54, 1.807) is 18.2 Å². The molecule has 0 aliphatic heterocycles. The van der Waals surface area contributed by atoms with Crippen LogP contribution in [0.15, 0.2) is 35.9 Å². The molecular weight excluding hydrogens is 579 g/mol. The minimum Gasteiger partial charge on any atom is -0.478 e. The van der Waals surface area contributed by atoms with Gasteiger partial charge in [0.25, 0.3) is 0 Å². The number of carbonyl (C=O) groups is 3. The zero-order valence-electron chi connectivity index (χ0n) is 20.4. The van der Waals surface area contributed by atoms with Gasteiger partial charge in [0.15, 0.2) is 5.78 Å². The highest BCUT2D eigenvalue weighted by molar-refractivity contribution is 14.1. The lowest BCUT2D eigenvalue weighted by Gasteiger charge is -2.64. The Bertz CT molecular complexity index is 1150. The van der Waals surface area contributed by atoms with Crippen molar-refractivity contribution < 1.29 is 24.2 Å². The molecule has 1 N–H and O–H groups in total. The molecular formula is C28H32ClIO5. The summed E-state index contributed by atoms with van der Waals surface area (Å²) >= 11 is 9.75. The molecule has 0 saturated heterocycles. The van der Waals surface area contributed by atoms with Crippen LogP contribution in [0.4, 0.5) is 0 Å². The van der Waals surface area contributed by atoms with Gasteiger partial charge in [-0.1, -0.05) is 32.4 Å². The molecule has 0 unspecified atom stereocenters. The maximum Gasteiger partial charge on any atom is 0.348 e. The van der Waals surface area contributed by atoms with Crippen molar-refractivity contribution in [1.82, 2.24) is 0 Å². The van der Waals surface area contributed by atoms with Crippen molar-refractivity contribution in [3.63, 3.8) is 0 Å². The number of rotatable bonds is 3. The Balaban J connectivity index is 1.53. The van der Waals surface area contributed by atoms with Crippen LogP contribution in [0.3, 0.4) is 0 Å². The second kappa shape index (κ2) is 8.30. The zero-order chi connectivity index (χ0) is 25.4. The molecule has 0 spiro atoms. The van der Waals surface area contributed by atoms with Gasteiger partial charge in [-0.3, -0.25) is 4.79 Å². The summed E-state index contributed by atoms with van der Waals surface area (Å²) in [5.74, 6) is -1.16. The Hall–Kier alpha value is -1.41. The van der Waals surface area contributed by atoms with Crippen LogP contribution in [-0.2, 0) is 14.3 Å². The maximum absolute atomic E-state index is 13.2. The fraction of sp³-hybridized carbons (Fsp3) is 0.607. The molecule has 0 heterocycles. The first-order valence-electron chi connectivity index (χ1n) is 12.5. The van der Waals surface area contributed by atoms with Crippen molar-refractivity contribution in [1.29, 1.82) is 0 Å². The summed E-state index contributed by atoms with van der Waals surface area (Å²) in [5, 5.41) is 10.5. The summed E-state index contributed by atoms with van der Waals surface area (Å²) in [5.41, 5.74) is -1.07. The Kier molecular flexibility index (Phi) is 5.99. The van der Waals surface area contributed by atoms with Crippen LogP contribution in [0.1, 0.15) is 76.1 Å². The molecule has 0 radical (unpaired) electrons. The van der Waals surface area contributed by atoms with Gasteiger partial charge in [0.05, 0.1) is 10.4 Å². The number of carboxylic acid groups (broad SMARTS) is 1. The quantitative estimate of drug-likeness (QED) is 0.243. The van der Waals surface area contributed by atoms with Crippen LogP contribution in [-0.4, -0.2) is 33.3 Å². The highest BCUT2D eigenvalue weighted by Crippen LogP contribution is 2.72. The van der Waals surface area contributed by atoms with Crippen molar-refractivity contribution in [2.75, 3.05) is 0 Å². The van der Waals surface area contributed by atoms with E-state index < -0.39 is 27.8 Å². The standard InChI is InChI=1S/C28H32ClIO5/c1-16-13-22-20-8-10-28(24(33)34,35-23(32)17-5-4-6-18(30)14-17)26(20,3)11-12-27(22,29)25(2)9-7-19(31)15-21(16)25/h4-6,14-16,20,22H,7-13H2,1-3H3,(H,33,34)/t16-,20-,22-,25-,26-,27+,28-/m0/s1. The van der Waals surface area contributed by atoms with Crippen LogP contribution in [0.2, 0.25) is 0 Å². The van der Waals surface area contributed by atoms with Gasteiger partial charge >= 0.3 is 11.9 Å². The number of ketones is 1. The number of hydrogen-bond acceptors (Lipinski definition) is 4. The molecule has 4 aliphatic rings. The Labute approximate surface area is 225 Å². The molecule has 5 nitrogen and oxygen atoms in total. The lowest BCUT2D eigenvalue weighted by atomic mass is 9.44. The van der Waals surface area contributed by atoms with Gasteiger partial charge in [-0.15, -0.1) is 11.6 Å². The fourth-order valence-electron chi connectivity index (χ4n) is 8.24. The normalized spacial score (nSPS) is 42.4. The molecule has 35 heavy (non-hydrogen) atoms. The highest BCUT2D eigenvalue weighted by Gasteiger charge is 2.73. The molecule has 3 fully saturated rings. The van der Waals surface area contributed by atoms with E-state index in [4.69, 9.17) is 16.3 Å². The number of alkyl halides is 1. The number of hydrogen-bond donors (Lipinski definition) is 1. The Morgan fingerprint density at radius 3 is 2.57 bits per heavy atom. The van der Waals surface area contributed by atoms with Gasteiger partial charge < -0.3 is 9.84 Å². The molecule has 1 aromatic rings. The van der Waals surface area contributed by atoms with Crippen molar-refractivity contribution in [3.8, 4) is 0 Å². The van der Waals surface area contributed by atoms with Gasteiger partial charge in [0, 0.05) is 20.8 Å². The van der Waals surface area contributed by atoms with E-state index in [2.05, 4.69) is 36.4 Å². The SMILES string of the molecule is C[C@H]1C[C@H]2[C@@H]3CC[C@](OC(=O)c4cccc(I)c4)(C(=O)O)[C@@]3(C)CC[C@]2(Cl)[C@@]2(C)CCC(=O)C=C12. The Morgan fingerprint density at radius 2 is 1.89 bits per heavy atom. The van der Waals surface area contributed by atoms with Crippen LogP contribution in [0, 0.1) is 32.2 Å². The number of esters is 1. The Morgan fingerprint density at radius 1 is 1.14 bits per heavy atom. The summed E-state index contributed by atoms with van der Waals surface area (Å²) in [6.45, 7) is 6.38. The van der Waals surface area contributed by atoms with Gasteiger partial charge in [-0.2, -0.15) is 0 Å². The van der Waals surface area contributed by atoms with E-state index in [0.29, 0.717) is 31.2 Å². The van der Waals surface area contributed by atoms with Gasteiger partial charge in [-0.25, -0.2) is 9.59 Å². The average molecular weight is 611 g/mol. The van der Waals surface area contributed by atoms with Gasteiger partial charge in [0.2, 0.25) is 5.60 Å². The van der Waals surface area contributed by atoms with Crippen LogP contribution in [0.25, 0.3) is 0 Å². The molecule has 0 bridgehead atoms. The third-order valence-electron chi connectivity index (χ3n) is 10.2. The third kappa shape index (κ3) is 3.41. The van der Waals surface area contributed by atoms with Crippen LogP contribution >= 0.6 is 34.2 Å². The van der Waals surface area contributed by atoms with E-state index >= 15 is 0 Å². The van der Waals surface area contributed by atoms with Gasteiger partial charge in [0.1, 0.15) is 0 Å². The van der Waals surface area contributed by atoms with Crippen LogP contribution in [0.5, 0.6) is 0 Å². The number of carboxylic acids is 1. The van der Waals surface area contributed by atoms with E-state index in [9.17, 15) is 19.5 Å². The van der Waals surface area contributed by atoms with Crippen molar-refractivity contribution >= 4 is 51.9 Å². The smallest absolute Gasteiger partial charge is 0.348 e. The lowest BCUT2D eigenvalue weighted by molar-refractivity contribution is -0.181. The minimum atomic E-state index is -1.59. The molecule has 0 aromatic heterocycles. The number of allylic oxidation sites excluding steroid dienone is 1. The molecule has 0 amide bonds. The summed E-state index contributed by atoms with van der Waals surface area (Å²) in [7, 11) is 0. The van der Waals surface area contributed by atoms with E-state index in [1.165, 1.54) is 0 Å². The number of benzene rings is 1. The summed E-state index contributed by atoms with van der Waals surface area (Å²) in [6.07, 6.45) is 6.03. The largest absolute Gasteiger partial charge is 0.478 e. The van der Waals surface area contributed by atoms with Crippen molar-refractivity contribution in [2.24, 2.45) is 28.6 Å². The summed E-state index contributed by atoms with van der Waals surface area (Å²) < 4.78 is 6.91. The maximum atomic E-state index is 13.2. The van der Waals surface area contributed by atoms with E-state index in [-0.39, 0.29) is 35.4 Å². The predicted molar refractivity (Wildman–Crippen MR) is 141 cm³/mol. The van der Waals surface area contributed by atoms with Crippen molar-refractivity contribution in [3.05, 3.63) is 45.0 Å². The molecule has 7 heteroatoms. The molecule has 4 aliphatic carbocycles. The highest BCUT2D eigenvalue weighted by atomic mass is 127. The molecule has 1 aromatic carbocycles. The number of ether oxygens (including phenoxy) is 1. The van der Waals surface area contributed by atoms with E-state index in [1.807, 2.05) is 19.1 Å². The molecule has 7 atom stereocenters. The monoisotopic (exact) mass is 610 g/mol. The van der Waals surface area contributed by atoms with E-state index in [0.717, 1.165) is 22.0 Å². The van der Waals surface area contributed by atoms with Crippen molar-refractivity contribution in [2.45, 2.75) is 76.2 Å². The third-order valence-corrected chi connectivity index (χ3v) is 11.7. The predicted octanol–water partition coefficient (Wildman–Crippen LogP) is 6.41. The zero-order valence-corrected chi connectivity index (χ0v) is 23.3. The fourth-order valence-corrected chi connectivity index (χ4v) is 9.32. The lowest BCUT2D eigenvalue weighted by Crippen LogP contribution is -2.65. The second-order valence-corrected chi connectivity index (χ2v) is 13.5. The summed E-state index contributed by atoms with van der Waals surface area (Å²) in [4.78, 5) is 37.8. The van der Waals surface area contributed by atoms with Crippen LogP contribution < -0.4 is 0 Å². The first-order valence-corrected chi connectivity index (χ1v) is 14.0. The first-order chi connectivity index (χ1) is 16.4. The number of fused-ring (bicyclic) bond motifs is 5. The second-order valence-electron chi connectivity index (χ2n) is 11.6. The molecule has 5 rings (SSSR count). The molecule has 188 valence electrons. The number of halogens is 2. The minimum absolute atomic E-state index is 0.0204. The topological polar surface area (TPSA) is 80.7 Å². The summed E-state index contributed by atoms with van der Waals surface area (Å²) in [6, 6.07) is 7.05. The first kappa shape index (κ1) is 25.2. The van der Waals surface area contributed by atoms with Gasteiger partial charge in [-0.05, 0) is 103 Å².